The van der Waals surface area contributed by atoms with Crippen LogP contribution >= 0.6 is 23.8 Å². The van der Waals surface area contributed by atoms with E-state index in [1.807, 2.05) is 19.1 Å². The van der Waals surface area contributed by atoms with Gasteiger partial charge in [0.05, 0.1) is 6.61 Å². The number of halogens is 1. The predicted molar refractivity (Wildman–Crippen MR) is 77.0 cm³/mol. The summed E-state index contributed by atoms with van der Waals surface area (Å²) in [4.78, 5) is 11.1. The van der Waals surface area contributed by atoms with Crippen molar-refractivity contribution in [2.24, 2.45) is 0 Å². The number of thiocarbonyl (C=S) groups is 1. The number of anilines is 1. The zero-order valence-electron chi connectivity index (χ0n) is 10.2. The molecular weight excluding hydrogens is 272 g/mol. The van der Waals surface area contributed by atoms with Gasteiger partial charge in [-0.25, -0.2) is 0 Å². The van der Waals surface area contributed by atoms with E-state index in [0.29, 0.717) is 16.7 Å². The molecule has 0 saturated heterocycles. The van der Waals surface area contributed by atoms with Crippen LogP contribution in [-0.4, -0.2) is 24.2 Å². The van der Waals surface area contributed by atoms with E-state index < -0.39 is 0 Å². The lowest BCUT2D eigenvalue weighted by Crippen LogP contribution is -2.33. The maximum absolute atomic E-state index is 11.1. The minimum atomic E-state index is -0.344. The van der Waals surface area contributed by atoms with Crippen LogP contribution in [-0.2, 0) is 9.53 Å². The first kappa shape index (κ1) is 14.7. The lowest BCUT2D eigenvalue weighted by Gasteiger charge is -2.10. The topological polar surface area (TPSA) is 50.4 Å². The third kappa shape index (κ3) is 4.89. The van der Waals surface area contributed by atoms with Gasteiger partial charge in [0.2, 0.25) is 0 Å². The first-order chi connectivity index (χ1) is 8.52. The molecule has 4 nitrogen and oxygen atoms in total. The number of ether oxygens (including phenoxy) is 1. The minimum Gasteiger partial charge on any atom is -0.465 e. The van der Waals surface area contributed by atoms with Crippen LogP contribution in [0.25, 0.3) is 0 Å². The lowest BCUT2D eigenvalue weighted by atomic mass is 10.2. The predicted octanol–water partition coefficient (Wildman–Crippen LogP) is 2.50. The summed E-state index contributed by atoms with van der Waals surface area (Å²) in [6.07, 6.45) is 0. The summed E-state index contributed by atoms with van der Waals surface area (Å²) in [6, 6.07) is 5.52. The molecule has 0 amide bonds. The van der Waals surface area contributed by atoms with Gasteiger partial charge in [-0.05, 0) is 43.8 Å². The third-order valence-electron chi connectivity index (χ3n) is 2.13. The molecule has 0 fully saturated rings. The SMILES string of the molecule is CCOC(=O)CNC(=S)Nc1ccc(C)c(Cl)c1. The molecule has 0 aliphatic heterocycles. The van der Waals surface area contributed by atoms with E-state index in [1.165, 1.54) is 0 Å². The van der Waals surface area contributed by atoms with E-state index in [-0.39, 0.29) is 12.5 Å². The third-order valence-corrected chi connectivity index (χ3v) is 2.78. The number of benzene rings is 1. The van der Waals surface area contributed by atoms with Crippen LogP contribution in [0.5, 0.6) is 0 Å². The van der Waals surface area contributed by atoms with Crippen molar-refractivity contribution in [2.75, 3.05) is 18.5 Å². The molecule has 0 heterocycles. The zero-order chi connectivity index (χ0) is 13.5. The van der Waals surface area contributed by atoms with Gasteiger partial charge < -0.3 is 15.4 Å². The molecular formula is C12H15ClN2O2S. The molecule has 1 rings (SSSR count). The van der Waals surface area contributed by atoms with Gasteiger partial charge in [0, 0.05) is 10.7 Å². The first-order valence-electron chi connectivity index (χ1n) is 5.49. The molecule has 1 aromatic carbocycles. The number of hydrogen-bond acceptors (Lipinski definition) is 3. The molecule has 6 heteroatoms. The maximum Gasteiger partial charge on any atom is 0.325 e. The number of nitrogens with one attached hydrogen (secondary N) is 2. The van der Waals surface area contributed by atoms with E-state index in [1.54, 1.807) is 13.0 Å². The molecule has 0 unspecified atom stereocenters. The van der Waals surface area contributed by atoms with E-state index in [9.17, 15) is 4.79 Å². The Kier molecular flexibility index (Phi) is 5.88. The molecule has 0 bridgehead atoms. The molecule has 2 N–H and O–H groups in total. The largest absolute Gasteiger partial charge is 0.465 e. The number of hydrogen-bond donors (Lipinski definition) is 2. The van der Waals surface area contributed by atoms with Gasteiger partial charge in [0.15, 0.2) is 5.11 Å². The fourth-order valence-corrected chi connectivity index (χ4v) is 1.58. The molecule has 0 aromatic heterocycles. The molecule has 98 valence electrons. The van der Waals surface area contributed by atoms with Crippen molar-refractivity contribution in [3.8, 4) is 0 Å². The normalized spacial score (nSPS) is 9.72. The highest BCUT2D eigenvalue weighted by molar-refractivity contribution is 7.80. The highest BCUT2D eigenvalue weighted by Crippen LogP contribution is 2.19. The summed E-state index contributed by atoms with van der Waals surface area (Å²) in [5.74, 6) is -0.344. The summed E-state index contributed by atoms with van der Waals surface area (Å²) in [5.41, 5.74) is 1.76. The molecule has 0 radical (unpaired) electrons. The molecule has 0 aliphatic carbocycles. The Hall–Kier alpha value is -1.33. The molecule has 18 heavy (non-hydrogen) atoms. The Morgan fingerprint density at radius 2 is 2.22 bits per heavy atom. The van der Waals surface area contributed by atoms with Crippen molar-refractivity contribution in [2.45, 2.75) is 13.8 Å². The minimum absolute atomic E-state index is 0.0409. The number of aryl methyl sites for hydroxylation is 1. The van der Waals surface area contributed by atoms with Crippen LogP contribution in [0.3, 0.4) is 0 Å². The quantitative estimate of drug-likeness (QED) is 0.658. The fraction of sp³-hybridized carbons (Fsp3) is 0.333. The second-order valence-corrected chi connectivity index (χ2v) is 4.39. The van der Waals surface area contributed by atoms with Gasteiger partial charge in [0.1, 0.15) is 6.54 Å². The van der Waals surface area contributed by atoms with Crippen molar-refractivity contribution in [1.82, 2.24) is 5.32 Å². The Bertz CT molecular complexity index is 452. The number of esters is 1. The van der Waals surface area contributed by atoms with Crippen LogP contribution in [0.2, 0.25) is 5.02 Å². The van der Waals surface area contributed by atoms with E-state index in [2.05, 4.69) is 10.6 Å². The number of carbonyl (C=O) groups is 1. The second-order valence-electron chi connectivity index (χ2n) is 3.58. The van der Waals surface area contributed by atoms with Crippen LogP contribution in [0.4, 0.5) is 5.69 Å². The average molecular weight is 287 g/mol. The summed E-state index contributed by atoms with van der Waals surface area (Å²) >= 11 is 11.0. The molecule has 1 aromatic rings. The summed E-state index contributed by atoms with van der Waals surface area (Å²) < 4.78 is 4.77. The Labute approximate surface area is 117 Å². The molecule has 0 aliphatic rings. The average Bonchev–Trinajstić information content (AvgIpc) is 2.32. The lowest BCUT2D eigenvalue weighted by molar-refractivity contribution is -0.141. The number of carbonyl (C=O) groups excluding carboxylic acids is 1. The van der Waals surface area contributed by atoms with E-state index >= 15 is 0 Å². The van der Waals surface area contributed by atoms with Gasteiger partial charge in [0.25, 0.3) is 0 Å². The molecule has 0 atom stereocenters. The monoisotopic (exact) mass is 286 g/mol. The fourth-order valence-electron chi connectivity index (χ4n) is 1.21. The van der Waals surface area contributed by atoms with Crippen LogP contribution in [0.15, 0.2) is 18.2 Å². The van der Waals surface area contributed by atoms with Crippen molar-refractivity contribution in [3.05, 3.63) is 28.8 Å². The summed E-state index contributed by atoms with van der Waals surface area (Å²) in [5, 5.41) is 6.70. The molecule has 0 saturated carbocycles. The summed E-state index contributed by atoms with van der Waals surface area (Å²) in [7, 11) is 0. The second kappa shape index (κ2) is 7.18. The molecule has 0 spiro atoms. The standard InChI is InChI=1S/C12H15ClN2O2S/c1-3-17-11(16)7-14-12(18)15-9-5-4-8(2)10(13)6-9/h4-6H,3,7H2,1-2H3,(H2,14,15,18). The van der Waals surface area contributed by atoms with Gasteiger partial charge in [-0.15, -0.1) is 0 Å². The van der Waals surface area contributed by atoms with Crippen molar-refractivity contribution >= 4 is 40.6 Å². The maximum atomic E-state index is 11.1. The van der Waals surface area contributed by atoms with Crippen molar-refractivity contribution in [3.63, 3.8) is 0 Å². The Balaban J connectivity index is 2.44. The first-order valence-corrected chi connectivity index (χ1v) is 6.28. The highest BCUT2D eigenvalue weighted by atomic mass is 35.5. The zero-order valence-corrected chi connectivity index (χ0v) is 11.8. The van der Waals surface area contributed by atoms with Crippen LogP contribution in [0, 0.1) is 6.92 Å². The van der Waals surface area contributed by atoms with Crippen LogP contribution < -0.4 is 10.6 Å². The smallest absolute Gasteiger partial charge is 0.325 e. The van der Waals surface area contributed by atoms with Crippen molar-refractivity contribution < 1.29 is 9.53 Å². The van der Waals surface area contributed by atoms with E-state index in [4.69, 9.17) is 28.6 Å². The van der Waals surface area contributed by atoms with Gasteiger partial charge in [-0.1, -0.05) is 17.7 Å². The van der Waals surface area contributed by atoms with Crippen molar-refractivity contribution in [1.29, 1.82) is 0 Å². The van der Waals surface area contributed by atoms with Gasteiger partial charge in [-0.2, -0.15) is 0 Å². The van der Waals surface area contributed by atoms with Gasteiger partial charge >= 0.3 is 5.97 Å². The highest BCUT2D eigenvalue weighted by Gasteiger charge is 2.04. The van der Waals surface area contributed by atoms with E-state index in [0.717, 1.165) is 11.3 Å². The summed E-state index contributed by atoms with van der Waals surface area (Å²) in [6.45, 7) is 4.07. The van der Waals surface area contributed by atoms with Crippen LogP contribution in [0.1, 0.15) is 12.5 Å². The Morgan fingerprint density at radius 3 is 2.83 bits per heavy atom. The Morgan fingerprint density at radius 1 is 1.50 bits per heavy atom. The number of rotatable bonds is 4. The van der Waals surface area contributed by atoms with Gasteiger partial charge in [-0.3, -0.25) is 4.79 Å².